The van der Waals surface area contributed by atoms with Crippen LogP contribution in [-0.4, -0.2) is 96.7 Å². The lowest BCUT2D eigenvalue weighted by molar-refractivity contribution is -0.161. The van der Waals surface area contributed by atoms with Crippen molar-refractivity contribution in [3.8, 4) is 0 Å². The van der Waals surface area contributed by atoms with Crippen molar-refractivity contribution in [2.24, 2.45) is 0 Å². The summed E-state index contributed by atoms with van der Waals surface area (Å²) in [7, 11) is -10.0. The Kier molecular flexibility index (Phi) is 73.5. The van der Waals surface area contributed by atoms with E-state index in [1.54, 1.807) is 0 Å². The fourth-order valence-electron chi connectivity index (χ4n) is 10.1. The summed E-state index contributed by atoms with van der Waals surface area (Å²) in [6.07, 6.45) is 92.2. The molecule has 19 heteroatoms. The lowest BCUT2D eigenvalue weighted by atomic mass is 10.1. The molecule has 602 valence electrons. The lowest BCUT2D eigenvalue weighted by Gasteiger charge is -2.21. The van der Waals surface area contributed by atoms with Crippen molar-refractivity contribution in [3.05, 3.63) is 170 Å². The van der Waals surface area contributed by atoms with Crippen LogP contribution in [0, 0.1) is 0 Å². The summed E-state index contributed by atoms with van der Waals surface area (Å²) in [4.78, 5) is 73.0. The topological polar surface area (TPSA) is 237 Å². The molecule has 0 fully saturated rings. The summed E-state index contributed by atoms with van der Waals surface area (Å²) < 4.78 is 68.4. The zero-order chi connectivity index (χ0) is 77.4. The molecular formula is C87H142O17P2. The number of aliphatic hydroxyl groups is 1. The molecule has 0 aromatic rings. The van der Waals surface area contributed by atoms with Crippen LogP contribution < -0.4 is 0 Å². The number of phosphoric acid groups is 2. The fourth-order valence-corrected chi connectivity index (χ4v) is 11.7. The van der Waals surface area contributed by atoms with Crippen LogP contribution in [0.3, 0.4) is 0 Å². The van der Waals surface area contributed by atoms with Crippen LogP contribution in [-0.2, 0) is 65.4 Å². The largest absolute Gasteiger partial charge is 0.472 e. The number of allylic oxidation sites excluding steroid dienone is 28. The van der Waals surface area contributed by atoms with Gasteiger partial charge in [0.05, 0.1) is 26.4 Å². The van der Waals surface area contributed by atoms with E-state index < -0.39 is 97.5 Å². The molecule has 17 nitrogen and oxygen atoms in total. The summed E-state index contributed by atoms with van der Waals surface area (Å²) in [6.45, 7) is 4.43. The molecule has 106 heavy (non-hydrogen) atoms. The second kappa shape index (κ2) is 77.6. The quantitative estimate of drug-likeness (QED) is 0.0169. The van der Waals surface area contributed by atoms with E-state index in [9.17, 15) is 43.2 Å². The highest BCUT2D eigenvalue weighted by Gasteiger charge is 2.30. The Hall–Kier alpha value is -5.58. The number of unbranched alkanes of at least 4 members (excludes halogenated alkanes) is 20. The maximum atomic E-state index is 13.1. The van der Waals surface area contributed by atoms with Gasteiger partial charge in [-0.15, -0.1) is 0 Å². The standard InChI is InChI=1S/C87H142O17P2/c1-5-9-13-17-21-25-29-33-36-38-40-42-45-49-52-56-60-64-68-72-85(90)98-77-82(103-86(91)73-69-65-61-57-53-47-32-28-24-20-16-12-8-4)79-101-105(93,94)99-75-81(88)76-100-106(95,96)102-80-83(78-97-84(89)71-67-63-59-55-51-48-44-35-31-27-23-19-15-11-7-3)104-87(92)74-70-66-62-58-54-50-46-43-41-39-37-34-30-26-22-18-14-10-6-2/h9-10,13-14,21-22,25-26,28,32-37,40-44,49-50,52,54,60,62,64,66,81-83,88H,5-8,11-12,15-20,23-24,27,29-31,38-39,45-48,51,53,55-59,61,63,65,67-80H2,1-4H3,(H,93,94)(H,95,96)/b13-9-,14-10-,25-21-,26-22-,32-28-,36-33-,37-34-,42-40-,43-41-,44-35-,52-49-,54-50-,64-60-,66-62-/t81-,82-,83-/m1/s1. The Morgan fingerprint density at radius 1 is 0.274 bits per heavy atom. The van der Waals surface area contributed by atoms with Gasteiger partial charge in [0.2, 0.25) is 0 Å². The summed E-state index contributed by atoms with van der Waals surface area (Å²) in [5.74, 6) is -2.40. The molecule has 0 amide bonds. The number of phosphoric ester groups is 2. The van der Waals surface area contributed by atoms with Crippen molar-refractivity contribution >= 4 is 39.5 Å². The molecule has 0 radical (unpaired) electrons. The average Bonchev–Trinajstić information content (AvgIpc) is 0.899. The van der Waals surface area contributed by atoms with Gasteiger partial charge >= 0.3 is 39.5 Å². The third kappa shape index (κ3) is 76.6. The highest BCUT2D eigenvalue weighted by Crippen LogP contribution is 2.45. The zero-order valence-electron chi connectivity index (χ0n) is 65.8. The van der Waals surface area contributed by atoms with Gasteiger partial charge in [0, 0.05) is 25.7 Å². The predicted octanol–water partition coefficient (Wildman–Crippen LogP) is 23.8. The summed E-state index contributed by atoms with van der Waals surface area (Å²) in [6, 6.07) is 0. The molecule has 0 bridgehead atoms. The van der Waals surface area contributed by atoms with Gasteiger partial charge in [-0.2, -0.15) is 0 Å². The SMILES string of the molecule is CC/C=C\C/C=C\C/C=C\C/C=C\C/C=C\C/C=C\CCC(=O)OC[C@H](COP(=O)(O)OC[C@@H](O)COP(=O)(O)OC[C@@H](COC(=O)CCCCCCC/C=C\CCCCCCCC)OC(=O)CC/C=C\C/C=C\C/C=C\C/C=C\C/C=C\C/C=C\CC)OC(=O)CCCCCCC/C=C\CCCCCC. The Labute approximate surface area is 642 Å². The number of carbonyl (C=O) groups is 4. The number of carbonyl (C=O) groups excluding carboxylic acids is 4. The molecule has 5 atom stereocenters. The molecule has 0 aromatic heterocycles. The van der Waals surface area contributed by atoms with Crippen LogP contribution in [0.2, 0.25) is 0 Å². The maximum Gasteiger partial charge on any atom is 0.472 e. The Morgan fingerprint density at radius 3 is 0.840 bits per heavy atom. The molecule has 3 N–H and O–H groups in total. The van der Waals surface area contributed by atoms with Gasteiger partial charge in [-0.25, -0.2) is 9.13 Å². The van der Waals surface area contributed by atoms with Gasteiger partial charge in [-0.3, -0.25) is 37.3 Å². The van der Waals surface area contributed by atoms with Crippen LogP contribution >= 0.6 is 15.6 Å². The molecule has 0 saturated heterocycles. The van der Waals surface area contributed by atoms with E-state index in [-0.39, 0.29) is 25.7 Å². The smallest absolute Gasteiger partial charge is 0.462 e. The molecule has 0 aliphatic rings. The van der Waals surface area contributed by atoms with Gasteiger partial charge in [0.15, 0.2) is 12.2 Å². The molecule has 2 unspecified atom stereocenters. The minimum absolute atomic E-state index is 0.0278. The van der Waals surface area contributed by atoms with E-state index in [1.807, 2.05) is 36.5 Å². The molecule has 0 spiro atoms. The monoisotopic (exact) mass is 1520 g/mol. The number of hydrogen-bond acceptors (Lipinski definition) is 15. The molecule has 0 heterocycles. The predicted molar refractivity (Wildman–Crippen MR) is 436 cm³/mol. The second-order valence-electron chi connectivity index (χ2n) is 26.2. The summed E-state index contributed by atoms with van der Waals surface area (Å²) >= 11 is 0. The van der Waals surface area contributed by atoms with Gasteiger partial charge < -0.3 is 33.8 Å². The van der Waals surface area contributed by atoms with Crippen LogP contribution in [0.4, 0.5) is 0 Å². The maximum absolute atomic E-state index is 13.1. The lowest BCUT2D eigenvalue weighted by Crippen LogP contribution is -2.30. The molecule has 0 aromatic carbocycles. The van der Waals surface area contributed by atoms with Crippen molar-refractivity contribution in [1.82, 2.24) is 0 Å². The molecule has 0 saturated carbocycles. The van der Waals surface area contributed by atoms with Gasteiger partial charge in [-0.05, 0) is 154 Å². The molecule has 0 rings (SSSR count). The number of rotatable bonds is 74. The van der Waals surface area contributed by atoms with E-state index in [4.69, 9.17) is 37.0 Å². The van der Waals surface area contributed by atoms with Crippen molar-refractivity contribution in [1.29, 1.82) is 0 Å². The third-order valence-electron chi connectivity index (χ3n) is 16.2. The third-order valence-corrected chi connectivity index (χ3v) is 18.1. The van der Waals surface area contributed by atoms with E-state index in [2.05, 4.69) is 161 Å². The first-order valence-corrected chi connectivity index (χ1v) is 43.4. The summed E-state index contributed by atoms with van der Waals surface area (Å²) in [5.41, 5.74) is 0. The van der Waals surface area contributed by atoms with Crippen molar-refractivity contribution < 1.29 is 80.2 Å². The average molecular weight is 1520 g/mol. The van der Waals surface area contributed by atoms with Crippen molar-refractivity contribution in [3.63, 3.8) is 0 Å². The van der Waals surface area contributed by atoms with Gasteiger partial charge in [0.1, 0.15) is 19.3 Å². The zero-order valence-corrected chi connectivity index (χ0v) is 67.6. The highest BCUT2D eigenvalue weighted by molar-refractivity contribution is 7.47. The van der Waals surface area contributed by atoms with E-state index in [0.717, 1.165) is 141 Å². The van der Waals surface area contributed by atoms with Gasteiger partial charge in [-0.1, -0.05) is 288 Å². The number of aliphatic hydroxyl groups excluding tert-OH is 1. The second-order valence-corrected chi connectivity index (χ2v) is 29.1. The molecule has 0 aliphatic heterocycles. The van der Waals surface area contributed by atoms with Crippen molar-refractivity contribution in [2.45, 2.75) is 316 Å². The Bertz CT molecular complexity index is 2680. The van der Waals surface area contributed by atoms with Crippen LogP contribution in [0.1, 0.15) is 297 Å². The van der Waals surface area contributed by atoms with E-state index in [1.165, 1.54) is 64.2 Å². The first-order valence-electron chi connectivity index (χ1n) is 40.4. The van der Waals surface area contributed by atoms with Crippen LogP contribution in [0.5, 0.6) is 0 Å². The van der Waals surface area contributed by atoms with E-state index in [0.29, 0.717) is 38.5 Å². The van der Waals surface area contributed by atoms with Crippen LogP contribution in [0.15, 0.2) is 170 Å². The normalized spacial score (nSPS) is 14.7. The van der Waals surface area contributed by atoms with Gasteiger partial charge in [0.25, 0.3) is 0 Å². The molecular weight excluding hydrogens is 1380 g/mol. The summed E-state index contributed by atoms with van der Waals surface area (Å²) in [5, 5.41) is 10.6. The van der Waals surface area contributed by atoms with Crippen molar-refractivity contribution in [2.75, 3.05) is 39.6 Å². The minimum Gasteiger partial charge on any atom is -0.462 e. The van der Waals surface area contributed by atoms with Crippen LogP contribution in [0.25, 0.3) is 0 Å². The number of esters is 4. The van der Waals surface area contributed by atoms with E-state index >= 15 is 0 Å². The molecule has 0 aliphatic carbocycles. The Morgan fingerprint density at radius 2 is 0.509 bits per heavy atom. The fraction of sp³-hybridized carbons (Fsp3) is 0.632. The first-order chi connectivity index (χ1) is 51.7. The minimum atomic E-state index is -5.01. The number of ether oxygens (including phenoxy) is 4. The number of hydrogen-bond donors (Lipinski definition) is 3. The first kappa shape index (κ1) is 100. The highest BCUT2D eigenvalue weighted by atomic mass is 31.2. The Balaban J connectivity index is 5.51.